The summed E-state index contributed by atoms with van der Waals surface area (Å²) in [4.78, 5) is 24.6. The SMILES string of the molecule is COc1ccc(C)cc1CN(C)C(=O)c1ccc(Cl)cc1[N+](=O)[O-]. The van der Waals surface area contributed by atoms with E-state index < -0.39 is 10.8 Å². The molecule has 0 saturated carbocycles. The molecule has 2 rings (SSSR count). The van der Waals surface area contributed by atoms with Gasteiger partial charge in [-0.15, -0.1) is 0 Å². The fourth-order valence-electron chi connectivity index (χ4n) is 2.40. The zero-order valence-electron chi connectivity index (χ0n) is 13.6. The fraction of sp³-hybridized carbons (Fsp3) is 0.235. The number of benzene rings is 2. The van der Waals surface area contributed by atoms with E-state index in [1.54, 1.807) is 14.2 Å². The lowest BCUT2D eigenvalue weighted by molar-refractivity contribution is -0.385. The van der Waals surface area contributed by atoms with E-state index in [1.807, 2.05) is 25.1 Å². The summed E-state index contributed by atoms with van der Waals surface area (Å²) >= 11 is 5.79. The zero-order valence-corrected chi connectivity index (χ0v) is 14.3. The molecule has 0 aliphatic carbocycles. The van der Waals surface area contributed by atoms with Crippen LogP contribution >= 0.6 is 11.6 Å². The van der Waals surface area contributed by atoms with Gasteiger partial charge in [0.2, 0.25) is 0 Å². The third-order valence-corrected chi connectivity index (χ3v) is 3.81. The Morgan fingerprint density at radius 2 is 2.00 bits per heavy atom. The monoisotopic (exact) mass is 348 g/mol. The molecule has 126 valence electrons. The molecule has 6 nitrogen and oxygen atoms in total. The Morgan fingerprint density at radius 1 is 1.29 bits per heavy atom. The van der Waals surface area contributed by atoms with E-state index in [2.05, 4.69) is 0 Å². The van der Waals surface area contributed by atoms with Crippen molar-refractivity contribution in [2.45, 2.75) is 13.5 Å². The Bertz CT molecular complexity index is 792. The average Bonchev–Trinajstić information content (AvgIpc) is 2.54. The van der Waals surface area contributed by atoms with Crippen LogP contribution < -0.4 is 4.74 Å². The van der Waals surface area contributed by atoms with Crippen LogP contribution in [0.15, 0.2) is 36.4 Å². The Morgan fingerprint density at radius 3 is 2.62 bits per heavy atom. The minimum absolute atomic E-state index is 0.00137. The third kappa shape index (κ3) is 3.83. The van der Waals surface area contributed by atoms with Gasteiger partial charge in [-0.2, -0.15) is 0 Å². The van der Waals surface area contributed by atoms with Crippen LogP contribution in [-0.2, 0) is 6.54 Å². The number of carbonyl (C=O) groups excluding carboxylic acids is 1. The standard InChI is InChI=1S/C17H17ClN2O4/c1-11-4-7-16(24-3)12(8-11)10-19(2)17(21)14-6-5-13(18)9-15(14)20(22)23/h4-9H,10H2,1-3H3. The summed E-state index contributed by atoms with van der Waals surface area (Å²) in [5.41, 5.74) is 1.54. The van der Waals surface area contributed by atoms with Gasteiger partial charge in [0.25, 0.3) is 11.6 Å². The van der Waals surface area contributed by atoms with E-state index in [9.17, 15) is 14.9 Å². The molecule has 24 heavy (non-hydrogen) atoms. The maximum Gasteiger partial charge on any atom is 0.283 e. The van der Waals surface area contributed by atoms with Crippen LogP contribution in [-0.4, -0.2) is 29.9 Å². The van der Waals surface area contributed by atoms with Crippen LogP contribution in [0.3, 0.4) is 0 Å². The van der Waals surface area contributed by atoms with Crippen molar-refractivity contribution in [3.63, 3.8) is 0 Å². The van der Waals surface area contributed by atoms with Crippen molar-refractivity contribution in [2.75, 3.05) is 14.2 Å². The van der Waals surface area contributed by atoms with E-state index in [0.29, 0.717) is 5.75 Å². The number of hydrogen-bond donors (Lipinski definition) is 0. The molecule has 0 heterocycles. The van der Waals surface area contributed by atoms with Crippen LogP contribution in [0, 0.1) is 17.0 Å². The highest BCUT2D eigenvalue weighted by atomic mass is 35.5. The van der Waals surface area contributed by atoms with Gasteiger partial charge in [0, 0.05) is 30.2 Å². The molecular weight excluding hydrogens is 332 g/mol. The molecule has 0 radical (unpaired) electrons. The normalized spacial score (nSPS) is 10.3. The summed E-state index contributed by atoms with van der Waals surface area (Å²) in [7, 11) is 3.14. The largest absolute Gasteiger partial charge is 0.496 e. The molecule has 1 amide bonds. The first kappa shape index (κ1) is 17.7. The fourth-order valence-corrected chi connectivity index (χ4v) is 2.57. The molecule has 0 bridgehead atoms. The molecule has 0 spiro atoms. The van der Waals surface area contributed by atoms with Crippen molar-refractivity contribution in [2.24, 2.45) is 0 Å². The van der Waals surface area contributed by atoms with Crippen LogP contribution in [0.2, 0.25) is 5.02 Å². The topological polar surface area (TPSA) is 72.7 Å². The van der Waals surface area contributed by atoms with Gasteiger partial charge in [0.1, 0.15) is 11.3 Å². The molecule has 2 aromatic rings. The van der Waals surface area contributed by atoms with E-state index in [1.165, 1.54) is 23.1 Å². The van der Waals surface area contributed by atoms with Crippen LogP contribution in [0.25, 0.3) is 0 Å². The first-order chi connectivity index (χ1) is 11.3. The van der Waals surface area contributed by atoms with Gasteiger partial charge in [-0.05, 0) is 25.1 Å². The first-order valence-corrected chi connectivity index (χ1v) is 7.54. The van der Waals surface area contributed by atoms with E-state index in [0.717, 1.165) is 11.1 Å². The maximum atomic E-state index is 12.6. The Labute approximate surface area is 144 Å². The highest BCUT2D eigenvalue weighted by Crippen LogP contribution is 2.26. The molecule has 0 saturated heterocycles. The number of nitro benzene ring substituents is 1. The smallest absolute Gasteiger partial charge is 0.283 e. The molecule has 0 fully saturated rings. The third-order valence-electron chi connectivity index (χ3n) is 3.58. The number of nitrogens with zero attached hydrogens (tertiary/aromatic N) is 2. The lowest BCUT2D eigenvalue weighted by Crippen LogP contribution is -2.27. The van der Waals surface area contributed by atoms with Gasteiger partial charge >= 0.3 is 0 Å². The van der Waals surface area contributed by atoms with Crippen LogP contribution in [0.4, 0.5) is 5.69 Å². The van der Waals surface area contributed by atoms with Crippen molar-refractivity contribution in [1.29, 1.82) is 0 Å². The minimum Gasteiger partial charge on any atom is -0.496 e. The van der Waals surface area contributed by atoms with E-state index >= 15 is 0 Å². The second-order valence-corrected chi connectivity index (χ2v) is 5.83. The molecule has 0 N–H and O–H groups in total. The molecule has 0 aromatic heterocycles. The number of rotatable bonds is 5. The van der Waals surface area contributed by atoms with Crippen molar-refractivity contribution >= 4 is 23.2 Å². The second-order valence-electron chi connectivity index (χ2n) is 5.40. The predicted molar refractivity (Wildman–Crippen MR) is 91.6 cm³/mol. The van der Waals surface area contributed by atoms with Crippen LogP contribution in [0.1, 0.15) is 21.5 Å². The first-order valence-electron chi connectivity index (χ1n) is 7.16. The van der Waals surface area contributed by atoms with E-state index in [-0.39, 0.29) is 22.8 Å². The molecule has 0 atom stereocenters. The number of carbonyl (C=O) groups is 1. The summed E-state index contributed by atoms with van der Waals surface area (Å²) in [6.07, 6.45) is 0. The molecular formula is C17H17ClN2O4. The zero-order chi connectivity index (χ0) is 17.9. The lowest BCUT2D eigenvalue weighted by atomic mass is 10.1. The number of methoxy groups -OCH3 is 1. The van der Waals surface area contributed by atoms with Gasteiger partial charge < -0.3 is 9.64 Å². The molecule has 7 heteroatoms. The molecule has 0 aliphatic heterocycles. The highest BCUT2D eigenvalue weighted by Gasteiger charge is 2.23. The Hall–Kier alpha value is -2.60. The Kier molecular flexibility index (Phi) is 5.41. The summed E-state index contributed by atoms with van der Waals surface area (Å²) in [5.74, 6) is 0.202. The van der Waals surface area contributed by atoms with Crippen LogP contribution in [0.5, 0.6) is 5.75 Å². The molecule has 0 aliphatic rings. The van der Waals surface area contributed by atoms with Gasteiger partial charge in [0.15, 0.2) is 0 Å². The van der Waals surface area contributed by atoms with Gasteiger partial charge in [-0.3, -0.25) is 14.9 Å². The summed E-state index contributed by atoms with van der Waals surface area (Å²) in [5, 5.41) is 11.4. The lowest BCUT2D eigenvalue weighted by Gasteiger charge is -2.19. The molecule has 0 unspecified atom stereocenters. The van der Waals surface area contributed by atoms with Crippen molar-refractivity contribution in [3.05, 3.63) is 68.2 Å². The summed E-state index contributed by atoms with van der Waals surface area (Å²) in [6.45, 7) is 2.21. The second kappa shape index (κ2) is 7.31. The van der Waals surface area contributed by atoms with Crippen molar-refractivity contribution in [1.82, 2.24) is 4.90 Å². The van der Waals surface area contributed by atoms with Gasteiger partial charge in [0.05, 0.1) is 12.0 Å². The number of aryl methyl sites for hydroxylation is 1. The molecule has 2 aromatic carbocycles. The quantitative estimate of drug-likeness (QED) is 0.608. The van der Waals surface area contributed by atoms with Gasteiger partial charge in [-0.25, -0.2) is 0 Å². The summed E-state index contributed by atoms with van der Waals surface area (Å²) in [6, 6.07) is 9.66. The highest BCUT2D eigenvalue weighted by molar-refractivity contribution is 6.31. The van der Waals surface area contributed by atoms with Crippen molar-refractivity contribution in [3.8, 4) is 5.75 Å². The average molecular weight is 349 g/mol. The number of halogens is 1. The van der Waals surface area contributed by atoms with Gasteiger partial charge in [-0.1, -0.05) is 29.3 Å². The number of amides is 1. The minimum atomic E-state index is -0.611. The maximum absolute atomic E-state index is 12.6. The number of ether oxygens (including phenoxy) is 1. The number of nitro groups is 1. The Balaban J connectivity index is 2.31. The number of hydrogen-bond acceptors (Lipinski definition) is 4. The summed E-state index contributed by atoms with van der Waals surface area (Å²) < 4.78 is 5.30. The van der Waals surface area contributed by atoms with E-state index in [4.69, 9.17) is 16.3 Å². The predicted octanol–water partition coefficient (Wildman–Crippen LogP) is 3.84. The van der Waals surface area contributed by atoms with Crippen molar-refractivity contribution < 1.29 is 14.5 Å².